The number of rotatable bonds is 5. The molecule has 0 saturated heterocycles. The Morgan fingerprint density at radius 2 is 1.88 bits per heavy atom. The largest absolute Gasteiger partial charge is 0.545 e. The number of hydrogen-bond acceptors (Lipinski definition) is 6. The summed E-state index contributed by atoms with van der Waals surface area (Å²) < 4.78 is 27.3. The van der Waals surface area contributed by atoms with Gasteiger partial charge in [-0.3, -0.25) is 4.72 Å². The van der Waals surface area contributed by atoms with Gasteiger partial charge in [-0.05, 0) is 17.7 Å². The van der Waals surface area contributed by atoms with Gasteiger partial charge in [-0.15, -0.1) is 11.3 Å². The summed E-state index contributed by atoms with van der Waals surface area (Å²) in [6.07, 6.45) is 0. The van der Waals surface area contributed by atoms with Gasteiger partial charge in [-0.1, -0.05) is 48.0 Å². The third-order valence-electron chi connectivity index (χ3n) is 3.25. The molecule has 0 aliphatic rings. The number of thiazole rings is 1. The van der Waals surface area contributed by atoms with Crippen LogP contribution in [0.2, 0.25) is 5.02 Å². The molecule has 0 spiro atoms. The van der Waals surface area contributed by atoms with E-state index in [1.54, 1.807) is 5.38 Å². The lowest BCUT2D eigenvalue weighted by Crippen LogP contribution is -2.23. The molecule has 0 amide bonds. The molecular formula is C16H10ClN2O4S2-. The van der Waals surface area contributed by atoms with E-state index in [0.29, 0.717) is 5.69 Å². The third-order valence-corrected chi connectivity index (χ3v) is 5.96. The maximum atomic E-state index is 12.5. The topological polar surface area (TPSA) is 99.2 Å². The zero-order valence-corrected chi connectivity index (χ0v) is 14.9. The van der Waals surface area contributed by atoms with E-state index < -0.39 is 16.0 Å². The van der Waals surface area contributed by atoms with Crippen LogP contribution in [0.15, 0.2) is 58.8 Å². The Bertz CT molecular complexity index is 1030. The minimum atomic E-state index is -4.09. The van der Waals surface area contributed by atoms with Crippen LogP contribution in [0.1, 0.15) is 10.4 Å². The molecular weight excluding hydrogens is 384 g/mol. The molecule has 1 N–H and O–H groups in total. The van der Waals surface area contributed by atoms with E-state index in [9.17, 15) is 18.3 Å². The minimum absolute atomic E-state index is 0.0997. The van der Waals surface area contributed by atoms with Crippen molar-refractivity contribution < 1.29 is 18.3 Å². The number of carboxylic acid groups (broad SMARTS) is 1. The van der Waals surface area contributed by atoms with Gasteiger partial charge in [0.2, 0.25) is 0 Å². The van der Waals surface area contributed by atoms with Crippen molar-refractivity contribution in [1.82, 2.24) is 4.98 Å². The molecule has 25 heavy (non-hydrogen) atoms. The van der Waals surface area contributed by atoms with Crippen molar-refractivity contribution in [2.45, 2.75) is 4.90 Å². The molecule has 3 aromatic rings. The normalized spacial score (nSPS) is 11.2. The summed E-state index contributed by atoms with van der Waals surface area (Å²) >= 11 is 7.01. The number of nitrogens with one attached hydrogen (secondary N) is 1. The van der Waals surface area contributed by atoms with Crippen molar-refractivity contribution in [3.63, 3.8) is 0 Å². The van der Waals surface area contributed by atoms with Crippen LogP contribution in [0.5, 0.6) is 0 Å². The third kappa shape index (κ3) is 3.81. The number of nitrogens with zero attached hydrogens (tertiary/aromatic N) is 1. The Morgan fingerprint density at radius 1 is 1.16 bits per heavy atom. The van der Waals surface area contributed by atoms with E-state index in [0.717, 1.165) is 23.0 Å². The Labute approximate surface area is 152 Å². The standard InChI is InChI=1S/C16H11ClN2O4S2/c17-12-7-6-11(15(20)21)8-14(12)25(22,23)19-16-18-13(9-24-16)10-4-2-1-3-5-10/h1-9H,(H,18,19)(H,20,21)/p-1. The summed E-state index contributed by atoms with van der Waals surface area (Å²) in [6.45, 7) is 0. The van der Waals surface area contributed by atoms with Crippen molar-refractivity contribution >= 4 is 44.1 Å². The molecule has 3 rings (SSSR count). The van der Waals surface area contributed by atoms with E-state index in [4.69, 9.17) is 11.6 Å². The molecule has 128 valence electrons. The fraction of sp³-hybridized carbons (Fsp3) is 0. The van der Waals surface area contributed by atoms with Crippen LogP contribution < -0.4 is 9.83 Å². The van der Waals surface area contributed by atoms with Crippen LogP contribution >= 0.6 is 22.9 Å². The van der Waals surface area contributed by atoms with Gasteiger partial charge in [0.05, 0.1) is 16.7 Å². The molecule has 9 heteroatoms. The average molecular weight is 394 g/mol. The molecule has 0 fully saturated rings. The average Bonchev–Trinajstić information content (AvgIpc) is 3.03. The van der Waals surface area contributed by atoms with Crippen molar-refractivity contribution in [1.29, 1.82) is 0 Å². The molecule has 0 bridgehead atoms. The summed E-state index contributed by atoms with van der Waals surface area (Å²) in [6, 6.07) is 12.6. The first-order chi connectivity index (χ1) is 11.9. The second-order valence-electron chi connectivity index (χ2n) is 4.94. The predicted octanol–water partition coefficient (Wildman–Crippen LogP) is 2.63. The van der Waals surface area contributed by atoms with Gasteiger partial charge >= 0.3 is 0 Å². The number of carbonyl (C=O) groups is 1. The van der Waals surface area contributed by atoms with Crippen LogP contribution in [-0.4, -0.2) is 19.4 Å². The SMILES string of the molecule is O=C([O-])c1ccc(Cl)c(S(=O)(=O)Nc2nc(-c3ccccc3)cs2)c1. The van der Waals surface area contributed by atoms with Gasteiger partial charge in [0, 0.05) is 10.9 Å². The molecule has 1 heterocycles. The fourth-order valence-electron chi connectivity index (χ4n) is 2.07. The highest BCUT2D eigenvalue weighted by molar-refractivity contribution is 7.93. The summed E-state index contributed by atoms with van der Waals surface area (Å²) in [5.41, 5.74) is 1.19. The maximum absolute atomic E-state index is 12.5. The molecule has 6 nitrogen and oxygen atoms in total. The molecule has 0 atom stereocenters. The molecule has 0 aliphatic carbocycles. The van der Waals surface area contributed by atoms with Crippen molar-refractivity contribution in [2.75, 3.05) is 4.72 Å². The molecule has 0 saturated carbocycles. The maximum Gasteiger partial charge on any atom is 0.265 e. The van der Waals surface area contributed by atoms with Crippen molar-refractivity contribution in [2.24, 2.45) is 0 Å². The van der Waals surface area contributed by atoms with E-state index in [1.807, 2.05) is 30.3 Å². The van der Waals surface area contributed by atoms with Crippen LogP contribution in [0.25, 0.3) is 11.3 Å². The second kappa shape index (κ2) is 6.83. The van der Waals surface area contributed by atoms with Gasteiger partial charge in [0.1, 0.15) is 4.90 Å². The number of aromatic carboxylic acids is 1. The first-order valence-corrected chi connectivity index (χ1v) is 9.65. The van der Waals surface area contributed by atoms with Gasteiger partial charge in [0.15, 0.2) is 5.13 Å². The predicted molar refractivity (Wildman–Crippen MR) is 94.1 cm³/mol. The number of benzene rings is 2. The highest BCUT2D eigenvalue weighted by Crippen LogP contribution is 2.29. The summed E-state index contributed by atoms with van der Waals surface area (Å²) in [4.78, 5) is 14.8. The van der Waals surface area contributed by atoms with Crippen LogP contribution in [0.3, 0.4) is 0 Å². The number of carboxylic acids is 1. The molecule has 1 aromatic heterocycles. The number of sulfonamides is 1. The Hall–Kier alpha value is -2.42. The zero-order chi connectivity index (χ0) is 18.0. The van der Waals surface area contributed by atoms with Gasteiger partial charge in [0.25, 0.3) is 10.0 Å². The molecule has 2 aromatic carbocycles. The van der Waals surface area contributed by atoms with Crippen LogP contribution in [0, 0.1) is 0 Å². The number of halogens is 1. The summed E-state index contributed by atoms with van der Waals surface area (Å²) in [5, 5.41) is 12.7. The summed E-state index contributed by atoms with van der Waals surface area (Å²) in [5.74, 6) is -1.49. The lowest BCUT2D eigenvalue weighted by atomic mass is 10.2. The highest BCUT2D eigenvalue weighted by atomic mass is 35.5. The van der Waals surface area contributed by atoms with E-state index in [-0.39, 0.29) is 20.6 Å². The monoisotopic (exact) mass is 393 g/mol. The number of aromatic nitrogens is 1. The molecule has 0 aliphatic heterocycles. The van der Waals surface area contributed by atoms with Gasteiger partial charge in [-0.25, -0.2) is 13.4 Å². The Morgan fingerprint density at radius 3 is 2.56 bits per heavy atom. The second-order valence-corrected chi connectivity index (χ2v) is 7.86. The quantitative estimate of drug-likeness (QED) is 0.718. The van der Waals surface area contributed by atoms with E-state index >= 15 is 0 Å². The first-order valence-electron chi connectivity index (χ1n) is 6.91. The zero-order valence-electron chi connectivity index (χ0n) is 12.5. The summed E-state index contributed by atoms with van der Waals surface area (Å²) in [7, 11) is -4.09. The number of anilines is 1. The van der Waals surface area contributed by atoms with Crippen molar-refractivity contribution in [3.05, 3.63) is 64.5 Å². The first kappa shape index (κ1) is 17.4. The minimum Gasteiger partial charge on any atom is -0.545 e. The van der Waals surface area contributed by atoms with Crippen LogP contribution in [-0.2, 0) is 10.0 Å². The van der Waals surface area contributed by atoms with Gasteiger partial charge in [-0.2, -0.15) is 0 Å². The number of hydrogen-bond donors (Lipinski definition) is 1. The lowest BCUT2D eigenvalue weighted by molar-refractivity contribution is -0.255. The van der Waals surface area contributed by atoms with E-state index in [2.05, 4.69) is 9.71 Å². The smallest absolute Gasteiger partial charge is 0.265 e. The van der Waals surface area contributed by atoms with E-state index in [1.165, 1.54) is 12.1 Å². The Kier molecular flexibility index (Phi) is 4.76. The highest BCUT2D eigenvalue weighted by Gasteiger charge is 2.20. The Balaban J connectivity index is 1.91. The molecule has 0 unspecified atom stereocenters. The van der Waals surface area contributed by atoms with Gasteiger partial charge < -0.3 is 9.90 Å². The fourth-order valence-corrected chi connectivity index (χ4v) is 4.57. The molecule has 0 radical (unpaired) electrons. The lowest BCUT2D eigenvalue weighted by Gasteiger charge is -2.09. The van der Waals surface area contributed by atoms with Crippen LogP contribution in [0.4, 0.5) is 5.13 Å². The van der Waals surface area contributed by atoms with Crippen molar-refractivity contribution in [3.8, 4) is 11.3 Å². The number of carbonyl (C=O) groups excluding carboxylic acids is 1.